The fraction of sp³-hybridized carbons (Fsp3) is 0.296. The first-order chi connectivity index (χ1) is 19.5. The second kappa shape index (κ2) is 16.0. The van der Waals surface area contributed by atoms with Crippen molar-refractivity contribution in [2.75, 3.05) is 11.9 Å². The van der Waals surface area contributed by atoms with Gasteiger partial charge in [0, 0.05) is 30.2 Å². The lowest BCUT2D eigenvalue weighted by Gasteiger charge is -2.20. The van der Waals surface area contributed by atoms with Gasteiger partial charge in [-0.3, -0.25) is 29.3 Å². The maximum atomic E-state index is 12.8. The standard InChI is InChI=1S/C27H30N4O10/c1-3-14-39-24(33)13-4-17(2)25(34)30-22(15-23(28)32)26(35)29-19-7-5-18(6-8-19)16-40-27(36)41-21-11-9-20(10-12-21)31(37)38/h3,5-12,17,22H,1,4,13-16H2,2H3,(H2,28,32)(H,29,35)(H,30,34). The van der Waals surface area contributed by atoms with Gasteiger partial charge in [0.1, 0.15) is 25.0 Å². The SMILES string of the molecule is C=CCOC(=O)CCC(C)C(=O)NC(CC(N)=O)C(=O)Nc1ccc(COC(=O)Oc2ccc([N+](=O)[O-])cc2)cc1. The molecule has 14 heteroatoms. The molecule has 0 fully saturated rings. The van der Waals surface area contributed by atoms with Gasteiger partial charge >= 0.3 is 12.1 Å². The van der Waals surface area contributed by atoms with Gasteiger partial charge in [-0.1, -0.05) is 31.7 Å². The quantitative estimate of drug-likeness (QED) is 0.0938. The molecule has 0 radical (unpaired) electrons. The molecule has 4 N–H and O–H groups in total. The Morgan fingerprint density at radius 3 is 2.27 bits per heavy atom. The molecule has 2 aromatic carbocycles. The number of rotatable bonds is 15. The van der Waals surface area contributed by atoms with E-state index in [-0.39, 0.29) is 37.5 Å². The molecule has 3 amide bonds. The highest BCUT2D eigenvalue weighted by molar-refractivity contribution is 5.99. The largest absolute Gasteiger partial charge is 0.514 e. The predicted molar refractivity (Wildman–Crippen MR) is 144 cm³/mol. The molecule has 0 saturated heterocycles. The second-order valence-electron chi connectivity index (χ2n) is 8.72. The van der Waals surface area contributed by atoms with E-state index in [1.807, 2.05) is 0 Å². The van der Waals surface area contributed by atoms with Gasteiger partial charge in [0.15, 0.2) is 0 Å². The van der Waals surface area contributed by atoms with Crippen LogP contribution < -0.4 is 21.1 Å². The summed E-state index contributed by atoms with van der Waals surface area (Å²) in [5.74, 6) is -3.12. The number of hydrogen-bond acceptors (Lipinski definition) is 10. The molecule has 2 unspecified atom stereocenters. The molecule has 41 heavy (non-hydrogen) atoms. The summed E-state index contributed by atoms with van der Waals surface area (Å²) in [6, 6.07) is 9.76. The Balaban J connectivity index is 1.87. The topological polar surface area (TPSA) is 206 Å². The minimum atomic E-state index is -1.26. The van der Waals surface area contributed by atoms with Crippen LogP contribution in [-0.2, 0) is 35.3 Å². The van der Waals surface area contributed by atoms with Crippen LogP contribution in [-0.4, -0.2) is 47.4 Å². The number of benzene rings is 2. The zero-order valence-electron chi connectivity index (χ0n) is 22.2. The number of non-ortho nitro benzene ring substituents is 1. The maximum absolute atomic E-state index is 12.8. The van der Waals surface area contributed by atoms with Gasteiger partial charge in [-0.15, -0.1) is 0 Å². The van der Waals surface area contributed by atoms with Crippen LogP contribution in [0, 0.1) is 16.0 Å². The summed E-state index contributed by atoms with van der Waals surface area (Å²) in [6.07, 6.45) is 0.0983. The first-order valence-corrected chi connectivity index (χ1v) is 12.3. The number of carbonyl (C=O) groups is 5. The third kappa shape index (κ3) is 11.6. The fourth-order valence-corrected chi connectivity index (χ4v) is 3.23. The number of carbonyl (C=O) groups excluding carboxylic acids is 5. The van der Waals surface area contributed by atoms with Crippen molar-refractivity contribution < 1.29 is 43.1 Å². The lowest BCUT2D eigenvalue weighted by Crippen LogP contribution is -2.47. The zero-order chi connectivity index (χ0) is 30.4. The van der Waals surface area contributed by atoms with Crippen molar-refractivity contribution in [2.45, 2.75) is 38.8 Å². The minimum Gasteiger partial charge on any atom is -0.461 e. The number of ether oxygens (including phenoxy) is 3. The van der Waals surface area contributed by atoms with Crippen molar-refractivity contribution in [2.24, 2.45) is 11.7 Å². The molecular weight excluding hydrogens is 540 g/mol. The van der Waals surface area contributed by atoms with E-state index in [9.17, 15) is 34.1 Å². The van der Waals surface area contributed by atoms with Crippen LogP contribution in [0.25, 0.3) is 0 Å². The van der Waals surface area contributed by atoms with Gasteiger partial charge in [-0.2, -0.15) is 0 Å². The van der Waals surface area contributed by atoms with Crippen LogP contribution in [0.5, 0.6) is 5.75 Å². The van der Waals surface area contributed by atoms with E-state index in [4.69, 9.17) is 19.9 Å². The Morgan fingerprint density at radius 1 is 1.02 bits per heavy atom. The van der Waals surface area contributed by atoms with Crippen LogP contribution >= 0.6 is 0 Å². The molecule has 0 aliphatic carbocycles. The summed E-state index contributed by atoms with van der Waals surface area (Å²) in [5.41, 5.74) is 5.97. The van der Waals surface area contributed by atoms with Crippen molar-refractivity contribution in [3.63, 3.8) is 0 Å². The van der Waals surface area contributed by atoms with Gasteiger partial charge in [-0.05, 0) is 36.2 Å². The monoisotopic (exact) mass is 570 g/mol. The average molecular weight is 571 g/mol. The molecule has 0 saturated carbocycles. The predicted octanol–water partition coefficient (Wildman–Crippen LogP) is 2.75. The Bertz CT molecular complexity index is 1260. The maximum Gasteiger partial charge on any atom is 0.514 e. The van der Waals surface area contributed by atoms with Crippen LogP contribution in [0.4, 0.5) is 16.2 Å². The van der Waals surface area contributed by atoms with E-state index >= 15 is 0 Å². The lowest BCUT2D eigenvalue weighted by molar-refractivity contribution is -0.384. The van der Waals surface area contributed by atoms with Crippen molar-refractivity contribution in [1.82, 2.24) is 5.32 Å². The smallest absolute Gasteiger partial charge is 0.461 e. The van der Waals surface area contributed by atoms with Crippen LogP contribution in [0.1, 0.15) is 31.7 Å². The normalized spacial score (nSPS) is 11.7. The number of primary amides is 1. The molecular formula is C27H30N4O10. The molecule has 0 bridgehead atoms. The number of nitrogens with zero attached hydrogens (tertiary/aromatic N) is 1. The fourth-order valence-electron chi connectivity index (χ4n) is 3.23. The van der Waals surface area contributed by atoms with Crippen LogP contribution in [0.3, 0.4) is 0 Å². The number of nitrogens with one attached hydrogen (secondary N) is 2. The number of anilines is 1. The summed E-state index contributed by atoms with van der Waals surface area (Å²) in [5, 5.41) is 15.7. The molecule has 0 aromatic heterocycles. The van der Waals surface area contributed by atoms with Gasteiger partial charge < -0.3 is 30.6 Å². The molecule has 0 aliphatic rings. The zero-order valence-corrected chi connectivity index (χ0v) is 22.2. The molecule has 2 rings (SSSR count). The Kier molecular flexibility index (Phi) is 12.4. The third-order valence-electron chi connectivity index (χ3n) is 5.46. The lowest BCUT2D eigenvalue weighted by atomic mass is 10.0. The number of esters is 1. The summed E-state index contributed by atoms with van der Waals surface area (Å²) in [7, 11) is 0. The first kappa shape index (κ1) is 31.9. The summed E-state index contributed by atoms with van der Waals surface area (Å²) in [4.78, 5) is 70.5. The summed E-state index contributed by atoms with van der Waals surface area (Å²) in [6.45, 7) is 4.90. The highest BCUT2D eigenvalue weighted by Crippen LogP contribution is 2.18. The minimum absolute atomic E-state index is 0.0140. The summed E-state index contributed by atoms with van der Waals surface area (Å²) >= 11 is 0. The van der Waals surface area contributed by atoms with Gasteiger partial charge in [0.25, 0.3) is 5.69 Å². The van der Waals surface area contributed by atoms with Crippen molar-refractivity contribution in [3.8, 4) is 5.75 Å². The third-order valence-corrected chi connectivity index (χ3v) is 5.46. The van der Waals surface area contributed by atoms with Crippen LogP contribution in [0.2, 0.25) is 0 Å². The number of nitro benzene ring substituents is 1. The Hall–Kier alpha value is -5.27. The molecule has 218 valence electrons. The van der Waals surface area contributed by atoms with E-state index in [1.165, 1.54) is 42.5 Å². The number of nitrogens with two attached hydrogens (primary N) is 1. The second-order valence-corrected chi connectivity index (χ2v) is 8.72. The van der Waals surface area contributed by atoms with Crippen LogP contribution in [0.15, 0.2) is 61.2 Å². The van der Waals surface area contributed by atoms with Gasteiger partial charge in [0.05, 0.1) is 11.3 Å². The van der Waals surface area contributed by atoms with E-state index < -0.39 is 53.2 Å². The number of nitro groups is 1. The number of hydrogen-bond donors (Lipinski definition) is 3. The average Bonchev–Trinajstić information content (AvgIpc) is 2.94. The molecule has 0 aliphatic heterocycles. The first-order valence-electron chi connectivity index (χ1n) is 12.3. The highest BCUT2D eigenvalue weighted by Gasteiger charge is 2.26. The van der Waals surface area contributed by atoms with Crippen molar-refractivity contribution >= 4 is 41.2 Å². The van der Waals surface area contributed by atoms with Crippen molar-refractivity contribution in [3.05, 3.63) is 76.9 Å². The molecule has 0 heterocycles. The number of amides is 3. The van der Waals surface area contributed by atoms with Crippen molar-refractivity contribution in [1.29, 1.82) is 0 Å². The van der Waals surface area contributed by atoms with E-state index in [1.54, 1.807) is 19.1 Å². The van der Waals surface area contributed by atoms with E-state index in [0.29, 0.717) is 11.3 Å². The van der Waals surface area contributed by atoms with Gasteiger partial charge in [0.2, 0.25) is 17.7 Å². The van der Waals surface area contributed by atoms with Gasteiger partial charge in [-0.25, -0.2) is 4.79 Å². The Morgan fingerprint density at radius 2 is 1.68 bits per heavy atom. The molecule has 0 spiro atoms. The Labute approximate surface area is 235 Å². The molecule has 2 atom stereocenters. The van der Waals surface area contributed by atoms with E-state index in [2.05, 4.69) is 17.2 Å². The summed E-state index contributed by atoms with van der Waals surface area (Å²) < 4.78 is 14.8. The van der Waals surface area contributed by atoms with E-state index in [0.717, 1.165) is 0 Å². The molecule has 14 nitrogen and oxygen atoms in total. The highest BCUT2D eigenvalue weighted by atomic mass is 16.7. The molecule has 2 aromatic rings.